The first-order valence-electron chi connectivity index (χ1n) is 10.4. The number of fused-ring (bicyclic) bond motifs is 2. The predicted octanol–water partition coefficient (Wildman–Crippen LogP) is 2.73. The summed E-state index contributed by atoms with van der Waals surface area (Å²) in [5.41, 5.74) is 12.3. The van der Waals surface area contributed by atoms with Gasteiger partial charge in [-0.1, -0.05) is 19.1 Å². The van der Waals surface area contributed by atoms with E-state index >= 15 is 0 Å². The number of carbonyl (C=O) groups excluding carboxylic acids is 1. The van der Waals surface area contributed by atoms with Gasteiger partial charge in [0.05, 0.1) is 30.0 Å². The molecule has 0 saturated carbocycles. The molecule has 0 atom stereocenters. The number of amides is 1. The molecule has 2 aromatic carbocycles. The van der Waals surface area contributed by atoms with Gasteiger partial charge >= 0.3 is 0 Å². The quantitative estimate of drug-likeness (QED) is 0.407. The fourth-order valence-electron chi connectivity index (χ4n) is 4.27. The molecule has 0 spiro atoms. The topological polar surface area (TPSA) is 124 Å². The number of phenols is 1. The molecule has 158 valence electrons. The number of aromatic amines is 2. The van der Waals surface area contributed by atoms with E-state index in [-0.39, 0.29) is 18.2 Å². The summed E-state index contributed by atoms with van der Waals surface area (Å²) >= 11 is 0. The van der Waals surface area contributed by atoms with Crippen molar-refractivity contribution in [1.29, 1.82) is 0 Å². The van der Waals surface area contributed by atoms with Gasteiger partial charge in [0.1, 0.15) is 11.4 Å². The van der Waals surface area contributed by atoms with Gasteiger partial charge in [0.2, 0.25) is 5.91 Å². The van der Waals surface area contributed by atoms with Crippen molar-refractivity contribution in [3.05, 3.63) is 53.3 Å². The maximum atomic E-state index is 11.9. The van der Waals surface area contributed by atoms with E-state index in [0.29, 0.717) is 25.3 Å². The van der Waals surface area contributed by atoms with Crippen LogP contribution < -0.4 is 5.73 Å². The van der Waals surface area contributed by atoms with Crippen molar-refractivity contribution in [3.8, 4) is 28.4 Å². The molecular formula is C23H24N6O2. The van der Waals surface area contributed by atoms with Crippen LogP contribution in [0.1, 0.15) is 23.9 Å². The molecule has 5 rings (SSSR count). The lowest BCUT2D eigenvalue weighted by Crippen LogP contribution is -2.39. The van der Waals surface area contributed by atoms with Crippen molar-refractivity contribution < 1.29 is 9.90 Å². The second kappa shape index (κ2) is 7.55. The monoisotopic (exact) mass is 416 g/mol. The van der Waals surface area contributed by atoms with Crippen LogP contribution in [0.2, 0.25) is 0 Å². The lowest BCUT2D eigenvalue weighted by molar-refractivity contribution is -0.130. The summed E-state index contributed by atoms with van der Waals surface area (Å²) in [6, 6.07) is 11.6. The second-order valence-corrected chi connectivity index (χ2v) is 7.81. The van der Waals surface area contributed by atoms with Gasteiger partial charge in [-0.05, 0) is 47.4 Å². The van der Waals surface area contributed by atoms with Gasteiger partial charge < -0.3 is 20.7 Å². The van der Waals surface area contributed by atoms with Crippen LogP contribution in [-0.4, -0.2) is 49.2 Å². The molecule has 0 bridgehead atoms. The summed E-state index contributed by atoms with van der Waals surface area (Å²) < 4.78 is 0. The molecule has 0 radical (unpaired) electrons. The maximum absolute atomic E-state index is 11.9. The zero-order valence-corrected chi connectivity index (χ0v) is 17.3. The zero-order valence-electron chi connectivity index (χ0n) is 17.3. The summed E-state index contributed by atoms with van der Waals surface area (Å²) in [5, 5.41) is 18.4. The van der Waals surface area contributed by atoms with Crippen LogP contribution in [0.4, 0.5) is 0 Å². The number of hydrogen-bond donors (Lipinski definition) is 4. The Kier molecular flexibility index (Phi) is 4.71. The number of aryl methyl sites for hydroxylation is 1. The third-order valence-corrected chi connectivity index (χ3v) is 5.93. The lowest BCUT2D eigenvalue weighted by Gasteiger charge is -2.25. The molecule has 1 aliphatic rings. The van der Waals surface area contributed by atoms with Gasteiger partial charge in [-0.2, -0.15) is 5.10 Å². The van der Waals surface area contributed by atoms with Gasteiger partial charge in [-0.25, -0.2) is 4.98 Å². The fourth-order valence-corrected chi connectivity index (χ4v) is 4.27. The van der Waals surface area contributed by atoms with Crippen molar-refractivity contribution in [2.45, 2.75) is 26.3 Å². The number of rotatable bonds is 4. The largest absolute Gasteiger partial charge is 0.508 e. The van der Waals surface area contributed by atoms with Gasteiger partial charge in [0.25, 0.3) is 0 Å². The Bertz CT molecular complexity index is 1290. The Labute approximate surface area is 179 Å². The Morgan fingerprint density at radius 3 is 2.94 bits per heavy atom. The first-order chi connectivity index (χ1) is 15.1. The number of benzene rings is 2. The Balaban J connectivity index is 1.50. The molecule has 31 heavy (non-hydrogen) atoms. The van der Waals surface area contributed by atoms with Crippen LogP contribution in [0.3, 0.4) is 0 Å². The van der Waals surface area contributed by atoms with Crippen LogP contribution in [0.5, 0.6) is 5.75 Å². The van der Waals surface area contributed by atoms with Crippen molar-refractivity contribution >= 4 is 16.8 Å². The number of aromatic hydroxyl groups is 1. The number of aromatic nitrogens is 4. The fraction of sp³-hybridized carbons (Fsp3) is 0.261. The first kappa shape index (κ1) is 19.3. The molecule has 0 unspecified atom stereocenters. The standard InChI is InChI=1S/C23H24N6O2/c1-2-13-9-15(30)4-6-16(13)14-3-5-17-19(10-14)27-28-22(17)23-25-18-7-8-29(21(31)11-24)12-20(18)26-23/h3-6,9-10,30H,2,7-8,11-12,24H2,1H3,(H,25,26)(H,27,28). The highest BCUT2D eigenvalue weighted by Gasteiger charge is 2.24. The van der Waals surface area contributed by atoms with Crippen LogP contribution in [0.25, 0.3) is 33.5 Å². The van der Waals surface area contributed by atoms with Gasteiger partial charge in [-0.15, -0.1) is 0 Å². The Morgan fingerprint density at radius 2 is 2.13 bits per heavy atom. The smallest absolute Gasteiger partial charge is 0.236 e. The van der Waals surface area contributed by atoms with Crippen LogP contribution in [0.15, 0.2) is 36.4 Å². The molecule has 3 heterocycles. The van der Waals surface area contributed by atoms with E-state index in [4.69, 9.17) is 10.7 Å². The molecule has 8 nitrogen and oxygen atoms in total. The third-order valence-electron chi connectivity index (χ3n) is 5.93. The number of H-pyrrole nitrogens is 2. The van der Waals surface area contributed by atoms with Gasteiger partial charge in [0.15, 0.2) is 5.82 Å². The minimum absolute atomic E-state index is 0.0173. The van der Waals surface area contributed by atoms with Crippen LogP contribution >= 0.6 is 0 Å². The number of nitrogens with one attached hydrogen (secondary N) is 2. The average Bonchev–Trinajstić information content (AvgIpc) is 3.41. The molecule has 0 aliphatic carbocycles. The summed E-state index contributed by atoms with van der Waals surface area (Å²) in [4.78, 5) is 21.8. The predicted molar refractivity (Wildman–Crippen MR) is 118 cm³/mol. The summed E-state index contributed by atoms with van der Waals surface area (Å²) in [7, 11) is 0. The Morgan fingerprint density at radius 1 is 1.26 bits per heavy atom. The van der Waals surface area contributed by atoms with Crippen LogP contribution in [-0.2, 0) is 24.2 Å². The van der Waals surface area contributed by atoms with E-state index in [1.54, 1.807) is 11.0 Å². The minimum atomic E-state index is -0.0553. The average molecular weight is 416 g/mol. The molecule has 0 saturated heterocycles. The van der Waals surface area contributed by atoms with Gasteiger partial charge in [-0.3, -0.25) is 9.89 Å². The van der Waals surface area contributed by atoms with E-state index in [0.717, 1.165) is 51.1 Å². The van der Waals surface area contributed by atoms with E-state index in [1.165, 1.54) is 0 Å². The number of imidazole rings is 1. The third kappa shape index (κ3) is 3.34. The van der Waals surface area contributed by atoms with Crippen LogP contribution in [0, 0.1) is 0 Å². The van der Waals surface area contributed by atoms with E-state index < -0.39 is 0 Å². The number of nitrogens with zero attached hydrogens (tertiary/aromatic N) is 3. The van der Waals surface area contributed by atoms with Crippen molar-refractivity contribution in [1.82, 2.24) is 25.1 Å². The second-order valence-electron chi connectivity index (χ2n) is 7.81. The summed E-state index contributed by atoms with van der Waals surface area (Å²) in [6.07, 6.45) is 1.53. The molecule has 5 N–H and O–H groups in total. The molecule has 8 heteroatoms. The SMILES string of the molecule is CCc1cc(O)ccc1-c1ccc2c(-c3nc4c([nH]3)CN(C(=O)CN)CC4)n[nH]c2c1. The molecular weight excluding hydrogens is 392 g/mol. The highest BCUT2D eigenvalue weighted by molar-refractivity contribution is 5.94. The minimum Gasteiger partial charge on any atom is -0.508 e. The molecule has 0 fully saturated rings. The van der Waals surface area contributed by atoms with E-state index in [1.807, 2.05) is 18.2 Å². The summed E-state index contributed by atoms with van der Waals surface area (Å²) in [5.74, 6) is 0.921. The zero-order chi connectivity index (χ0) is 21.5. The highest BCUT2D eigenvalue weighted by atomic mass is 16.3. The number of phenolic OH excluding ortho intramolecular Hbond substituents is 1. The van der Waals surface area contributed by atoms with E-state index in [9.17, 15) is 9.90 Å². The molecule has 4 aromatic rings. The Hall–Kier alpha value is -3.65. The highest BCUT2D eigenvalue weighted by Crippen LogP contribution is 2.32. The maximum Gasteiger partial charge on any atom is 0.236 e. The van der Waals surface area contributed by atoms with Crippen molar-refractivity contribution in [3.63, 3.8) is 0 Å². The first-order valence-corrected chi connectivity index (χ1v) is 10.4. The van der Waals surface area contributed by atoms with Crippen molar-refractivity contribution in [2.75, 3.05) is 13.1 Å². The molecule has 2 aromatic heterocycles. The summed E-state index contributed by atoms with van der Waals surface area (Å²) in [6.45, 7) is 3.21. The van der Waals surface area contributed by atoms with Crippen molar-refractivity contribution in [2.24, 2.45) is 5.73 Å². The van der Waals surface area contributed by atoms with E-state index in [2.05, 4.69) is 34.2 Å². The number of carbonyl (C=O) groups is 1. The molecule has 1 aliphatic heterocycles. The van der Waals surface area contributed by atoms with Gasteiger partial charge in [0, 0.05) is 18.4 Å². The number of nitrogens with two attached hydrogens (primary N) is 1. The molecule has 1 amide bonds. The normalized spacial score (nSPS) is 13.5. The number of hydrogen-bond acceptors (Lipinski definition) is 5. The lowest BCUT2D eigenvalue weighted by atomic mass is 9.97.